The fourth-order valence-corrected chi connectivity index (χ4v) is 3.92. The molecule has 2 aromatic rings. The second-order valence-electron chi connectivity index (χ2n) is 7.16. The van der Waals surface area contributed by atoms with Crippen molar-refractivity contribution in [2.45, 2.75) is 31.9 Å². The number of allylic oxidation sites excluding steroid dienone is 1. The molecule has 4 atom stereocenters. The lowest BCUT2D eigenvalue weighted by molar-refractivity contribution is 0.0171. The summed E-state index contributed by atoms with van der Waals surface area (Å²) in [6, 6.07) is 7.84. The molecule has 4 nitrogen and oxygen atoms in total. The normalized spacial score (nSPS) is 24.0. The van der Waals surface area contributed by atoms with Crippen LogP contribution in [0.4, 0.5) is 0 Å². The number of likely N-dealkylation sites (tertiary alicyclic amines) is 1. The molecule has 1 aliphatic rings. The maximum absolute atomic E-state index is 11.2. The molecule has 0 bridgehead atoms. The van der Waals surface area contributed by atoms with Gasteiger partial charge in [-0.3, -0.25) is 4.98 Å². The van der Waals surface area contributed by atoms with Crippen LogP contribution >= 0.6 is 0 Å². The van der Waals surface area contributed by atoms with Crippen molar-refractivity contribution in [1.29, 1.82) is 0 Å². The lowest BCUT2D eigenvalue weighted by atomic mass is 9.79. The highest BCUT2D eigenvalue weighted by Crippen LogP contribution is 2.36. The molecule has 25 heavy (non-hydrogen) atoms. The molecule has 4 unspecified atom stereocenters. The predicted octanol–water partition coefficient (Wildman–Crippen LogP) is 3.81. The first kappa shape index (κ1) is 17.9. The number of rotatable bonds is 5. The van der Waals surface area contributed by atoms with Gasteiger partial charge in [0.05, 0.1) is 18.7 Å². The van der Waals surface area contributed by atoms with E-state index >= 15 is 0 Å². The summed E-state index contributed by atoms with van der Waals surface area (Å²) in [5.74, 6) is 1.82. The largest absolute Gasteiger partial charge is 0.497 e. The number of piperidine rings is 1. The van der Waals surface area contributed by atoms with E-state index in [1.807, 2.05) is 30.3 Å². The van der Waals surface area contributed by atoms with Gasteiger partial charge in [0.15, 0.2) is 0 Å². The van der Waals surface area contributed by atoms with E-state index in [9.17, 15) is 5.11 Å². The first-order valence-electron chi connectivity index (χ1n) is 8.98. The van der Waals surface area contributed by atoms with Gasteiger partial charge >= 0.3 is 0 Å². The fraction of sp³-hybridized carbons (Fsp3) is 0.476. The number of methoxy groups -OCH3 is 1. The van der Waals surface area contributed by atoms with Crippen LogP contribution < -0.4 is 4.74 Å². The summed E-state index contributed by atoms with van der Waals surface area (Å²) in [4.78, 5) is 6.71. The summed E-state index contributed by atoms with van der Waals surface area (Å²) in [6.07, 6.45) is 5.38. The number of aliphatic hydroxyl groups is 1. The molecule has 2 heterocycles. The summed E-state index contributed by atoms with van der Waals surface area (Å²) >= 11 is 0. The Morgan fingerprint density at radius 2 is 2.20 bits per heavy atom. The number of ether oxygens (including phenoxy) is 1. The Hall–Kier alpha value is -1.91. The zero-order chi connectivity index (χ0) is 18.0. The van der Waals surface area contributed by atoms with Crippen molar-refractivity contribution < 1.29 is 9.84 Å². The molecule has 1 N–H and O–H groups in total. The molecule has 1 fully saturated rings. The molecule has 1 saturated heterocycles. The maximum Gasteiger partial charge on any atom is 0.119 e. The van der Waals surface area contributed by atoms with Crippen LogP contribution in [0.3, 0.4) is 0 Å². The number of likely N-dealkylation sites (N-methyl/N-ethyl adjacent to an activating group) is 1. The molecule has 0 radical (unpaired) electrons. The van der Waals surface area contributed by atoms with E-state index in [1.54, 1.807) is 13.3 Å². The lowest BCUT2D eigenvalue weighted by Crippen LogP contribution is -2.44. The summed E-state index contributed by atoms with van der Waals surface area (Å²) in [5.41, 5.74) is 1.81. The number of nitrogens with zero attached hydrogens (tertiary/aromatic N) is 2. The Kier molecular flexibility index (Phi) is 5.40. The third-order valence-corrected chi connectivity index (χ3v) is 5.74. The number of benzene rings is 1. The van der Waals surface area contributed by atoms with Crippen molar-refractivity contribution >= 4 is 10.9 Å². The highest BCUT2D eigenvalue weighted by atomic mass is 16.5. The minimum absolute atomic E-state index is 0.0953. The number of aliphatic hydroxyl groups excluding tert-OH is 1. The van der Waals surface area contributed by atoms with Crippen LogP contribution in [-0.2, 0) is 0 Å². The second kappa shape index (κ2) is 7.54. The minimum Gasteiger partial charge on any atom is -0.497 e. The molecule has 0 spiro atoms. The van der Waals surface area contributed by atoms with Crippen LogP contribution in [-0.4, -0.2) is 41.7 Å². The topological polar surface area (TPSA) is 45.6 Å². The fourth-order valence-electron chi connectivity index (χ4n) is 3.92. The number of aromatic nitrogens is 1. The number of pyridine rings is 1. The molecule has 0 aliphatic carbocycles. The van der Waals surface area contributed by atoms with E-state index in [0.29, 0.717) is 11.8 Å². The highest BCUT2D eigenvalue weighted by molar-refractivity contribution is 5.83. The second-order valence-corrected chi connectivity index (χ2v) is 7.16. The summed E-state index contributed by atoms with van der Waals surface area (Å²) in [6.45, 7) is 7.16. The highest BCUT2D eigenvalue weighted by Gasteiger charge is 2.34. The van der Waals surface area contributed by atoms with Gasteiger partial charge in [0, 0.05) is 17.6 Å². The van der Waals surface area contributed by atoms with Crippen LogP contribution in [0, 0.1) is 11.8 Å². The van der Waals surface area contributed by atoms with Crippen LogP contribution in [0.5, 0.6) is 5.75 Å². The van der Waals surface area contributed by atoms with Crippen molar-refractivity contribution in [2.75, 3.05) is 20.7 Å². The van der Waals surface area contributed by atoms with Crippen molar-refractivity contribution in [3.63, 3.8) is 0 Å². The third-order valence-electron chi connectivity index (χ3n) is 5.74. The molecule has 0 saturated carbocycles. The first-order valence-corrected chi connectivity index (χ1v) is 8.98. The monoisotopic (exact) mass is 340 g/mol. The van der Waals surface area contributed by atoms with Crippen LogP contribution in [0.2, 0.25) is 0 Å². The first-order chi connectivity index (χ1) is 12.0. The van der Waals surface area contributed by atoms with Gasteiger partial charge in [-0.25, -0.2) is 0 Å². The van der Waals surface area contributed by atoms with E-state index < -0.39 is 6.10 Å². The Balaban J connectivity index is 1.94. The minimum atomic E-state index is -0.553. The molecule has 1 aliphatic heterocycles. The SMILES string of the molecule is C=CC(C)C1CCN(C)C(C(O)c2ccnc3ccc(OC)cc23)C1. The van der Waals surface area contributed by atoms with Crippen molar-refractivity contribution in [1.82, 2.24) is 9.88 Å². The zero-order valence-electron chi connectivity index (χ0n) is 15.4. The quantitative estimate of drug-likeness (QED) is 0.841. The number of hydrogen-bond acceptors (Lipinski definition) is 4. The van der Waals surface area contributed by atoms with Crippen molar-refractivity contribution in [3.05, 3.63) is 48.7 Å². The van der Waals surface area contributed by atoms with Gasteiger partial charge in [-0.2, -0.15) is 0 Å². The van der Waals surface area contributed by atoms with Crippen LogP contribution in [0.25, 0.3) is 10.9 Å². The molecule has 3 rings (SSSR count). The van der Waals surface area contributed by atoms with Crippen LogP contribution in [0.1, 0.15) is 31.4 Å². The van der Waals surface area contributed by atoms with E-state index in [2.05, 4.69) is 30.4 Å². The standard InChI is InChI=1S/C21H28N2O2/c1-5-14(2)15-9-11-23(3)20(12-15)21(24)17-8-10-22-19-7-6-16(25-4)13-18(17)19/h5-8,10,13-15,20-21,24H,1,9,11-12H2,2-4H3. The van der Waals surface area contributed by atoms with E-state index in [0.717, 1.165) is 41.6 Å². The van der Waals surface area contributed by atoms with E-state index in [1.165, 1.54) is 0 Å². The average Bonchev–Trinajstić information content (AvgIpc) is 2.66. The summed E-state index contributed by atoms with van der Waals surface area (Å²) < 4.78 is 5.36. The molecular weight excluding hydrogens is 312 g/mol. The molecular formula is C21H28N2O2. The van der Waals surface area contributed by atoms with E-state index in [-0.39, 0.29) is 6.04 Å². The maximum atomic E-state index is 11.2. The average molecular weight is 340 g/mol. The van der Waals surface area contributed by atoms with Gasteiger partial charge in [0.1, 0.15) is 5.75 Å². The van der Waals surface area contributed by atoms with Gasteiger partial charge in [-0.1, -0.05) is 13.0 Å². The van der Waals surface area contributed by atoms with Gasteiger partial charge in [0.2, 0.25) is 0 Å². The Morgan fingerprint density at radius 3 is 2.92 bits per heavy atom. The van der Waals surface area contributed by atoms with Crippen molar-refractivity contribution in [2.24, 2.45) is 11.8 Å². The summed E-state index contributed by atoms with van der Waals surface area (Å²) in [5, 5.41) is 12.2. The van der Waals surface area contributed by atoms with Crippen LogP contribution in [0.15, 0.2) is 43.1 Å². The smallest absolute Gasteiger partial charge is 0.119 e. The summed E-state index contributed by atoms with van der Waals surface area (Å²) in [7, 11) is 3.76. The van der Waals surface area contributed by atoms with Crippen molar-refractivity contribution in [3.8, 4) is 5.75 Å². The zero-order valence-corrected chi connectivity index (χ0v) is 15.4. The Labute approximate surface area is 150 Å². The number of hydrogen-bond donors (Lipinski definition) is 1. The molecule has 1 aromatic carbocycles. The van der Waals surface area contributed by atoms with Gasteiger partial charge < -0.3 is 14.7 Å². The van der Waals surface area contributed by atoms with Gasteiger partial charge in [0.25, 0.3) is 0 Å². The molecule has 134 valence electrons. The Morgan fingerprint density at radius 1 is 1.40 bits per heavy atom. The van der Waals surface area contributed by atoms with Gasteiger partial charge in [-0.15, -0.1) is 6.58 Å². The predicted molar refractivity (Wildman–Crippen MR) is 102 cm³/mol. The molecule has 1 aromatic heterocycles. The lowest BCUT2D eigenvalue weighted by Gasteiger charge is -2.41. The molecule has 4 heteroatoms. The van der Waals surface area contributed by atoms with E-state index in [4.69, 9.17) is 4.74 Å². The third kappa shape index (κ3) is 3.55. The van der Waals surface area contributed by atoms with Gasteiger partial charge in [-0.05, 0) is 68.1 Å². The molecule has 0 amide bonds. The Bertz CT molecular complexity index is 746. The number of fused-ring (bicyclic) bond motifs is 1.